The second kappa shape index (κ2) is 7.56. The lowest BCUT2D eigenvalue weighted by atomic mass is 10.0. The van der Waals surface area contributed by atoms with E-state index in [0.717, 1.165) is 5.56 Å². The molecule has 19 heavy (non-hydrogen) atoms. The number of hydrogen-bond donors (Lipinski definition) is 1. The van der Waals surface area contributed by atoms with E-state index in [2.05, 4.69) is 5.32 Å². The molecule has 0 saturated carbocycles. The molecular formula is C15H21NO3. The average molecular weight is 263 g/mol. The zero-order valence-electron chi connectivity index (χ0n) is 11.7. The van der Waals surface area contributed by atoms with Crippen LogP contribution in [0.5, 0.6) is 0 Å². The van der Waals surface area contributed by atoms with Crippen molar-refractivity contribution >= 4 is 11.9 Å². The summed E-state index contributed by atoms with van der Waals surface area (Å²) >= 11 is 0. The van der Waals surface area contributed by atoms with E-state index in [1.54, 1.807) is 6.92 Å². The van der Waals surface area contributed by atoms with Crippen LogP contribution >= 0.6 is 0 Å². The predicted octanol–water partition coefficient (Wildman–Crippen LogP) is 2.28. The molecule has 4 heteroatoms. The van der Waals surface area contributed by atoms with E-state index < -0.39 is 6.04 Å². The molecule has 0 saturated heterocycles. The molecule has 0 radical (unpaired) electrons. The molecule has 0 fully saturated rings. The molecule has 0 aliphatic heterocycles. The molecule has 1 rings (SSSR count). The van der Waals surface area contributed by atoms with Gasteiger partial charge in [-0.25, -0.2) is 4.79 Å². The van der Waals surface area contributed by atoms with Gasteiger partial charge in [-0.3, -0.25) is 4.79 Å². The van der Waals surface area contributed by atoms with Crippen LogP contribution in [0, 0.1) is 5.92 Å². The number of carbonyl (C=O) groups is 2. The molecule has 104 valence electrons. The fourth-order valence-corrected chi connectivity index (χ4v) is 1.59. The molecule has 1 aromatic rings. The highest BCUT2D eigenvalue weighted by molar-refractivity contribution is 5.84. The highest BCUT2D eigenvalue weighted by Crippen LogP contribution is 2.07. The molecule has 0 aliphatic carbocycles. The van der Waals surface area contributed by atoms with Gasteiger partial charge in [-0.2, -0.15) is 0 Å². The largest absolute Gasteiger partial charge is 0.459 e. The van der Waals surface area contributed by atoms with Crippen molar-refractivity contribution in [3.05, 3.63) is 35.9 Å². The molecule has 1 atom stereocenters. The van der Waals surface area contributed by atoms with Gasteiger partial charge in [-0.1, -0.05) is 51.1 Å². The van der Waals surface area contributed by atoms with Crippen LogP contribution < -0.4 is 5.32 Å². The SMILES string of the molecule is CCC(=O)N[C@H](C(=O)OCc1ccccc1)C(C)C. The lowest BCUT2D eigenvalue weighted by Crippen LogP contribution is -2.45. The molecule has 0 aromatic heterocycles. The number of nitrogens with one attached hydrogen (secondary N) is 1. The molecule has 4 nitrogen and oxygen atoms in total. The third kappa shape index (κ3) is 5.12. The minimum Gasteiger partial charge on any atom is -0.459 e. The second-order valence-corrected chi connectivity index (χ2v) is 4.74. The van der Waals surface area contributed by atoms with Crippen molar-refractivity contribution in [2.75, 3.05) is 0 Å². The summed E-state index contributed by atoms with van der Waals surface area (Å²) in [5, 5.41) is 2.69. The molecule has 1 amide bonds. The molecule has 1 aromatic carbocycles. The summed E-state index contributed by atoms with van der Waals surface area (Å²) < 4.78 is 5.24. The van der Waals surface area contributed by atoms with Crippen molar-refractivity contribution in [1.82, 2.24) is 5.32 Å². The minimum absolute atomic E-state index is 0.00114. The lowest BCUT2D eigenvalue weighted by molar-refractivity contribution is -0.150. The van der Waals surface area contributed by atoms with Crippen LogP contribution in [0.2, 0.25) is 0 Å². The Balaban J connectivity index is 2.55. The Morgan fingerprint density at radius 1 is 1.21 bits per heavy atom. The summed E-state index contributed by atoms with van der Waals surface area (Å²) in [4.78, 5) is 23.4. The third-order valence-electron chi connectivity index (χ3n) is 2.78. The zero-order valence-corrected chi connectivity index (χ0v) is 11.7. The van der Waals surface area contributed by atoms with Gasteiger partial charge in [0.25, 0.3) is 0 Å². The molecule has 1 N–H and O–H groups in total. The Morgan fingerprint density at radius 3 is 2.37 bits per heavy atom. The lowest BCUT2D eigenvalue weighted by Gasteiger charge is -2.20. The standard InChI is InChI=1S/C15H21NO3/c1-4-13(17)16-14(11(2)3)15(18)19-10-12-8-6-5-7-9-12/h5-9,11,14H,4,10H2,1-3H3,(H,16,17)/t14-/m0/s1. The first-order chi connectivity index (χ1) is 9.04. The maximum atomic E-state index is 12.0. The summed E-state index contributed by atoms with van der Waals surface area (Å²) in [6.07, 6.45) is 0.356. The topological polar surface area (TPSA) is 55.4 Å². The van der Waals surface area contributed by atoms with Crippen LogP contribution in [0.1, 0.15) is 32.8 Å². The average Bonchev–Trinajstić information content (AvgIpc) is 2.42. The first-order valence-corrected chi connectivity index (χ1v) is 6.54. The number of carbonyl (C=O) groups excluding carboxylic acids is 2. The summed E-state index contributed by atoms with van der Waals surface area (Å²) in [5.41, 5.74) is 0.931. The van der Waals surface area contributed by atoms with Crippen LogP contribution in [0.15, 0.2) is 30.3 Å². The molecule has 0 unspecified atom stereocenters. The van der Waals surface area contributed by atoms with E-state index >= 15 is 0 Å². The van der Waals surface area contributed by atoms with E-state index in [1.807, 2.05) is 44.2 Å². The first kappa shape index (κ1) is 15.2. The highest BCUT2D eigenvalue weighted by Gasteiger charge is 2.25. The van der Waals surface area contributed by atoms with Crippen molar-refractivity contribution in [2.24, 2.45) is 5.92 Å². The minimum atomic E-state index is -0.587. The second-order valence-electron chi connectivity index (χ2n) is 4.74. The summed E-state index contributed by atoms with van der Waals surface area (Å²) in [6, 6.07) is 8.88. The molecule has 0 bridgehead atoms. The third-order valence-corrected chi connectivity index (χ3v) is 2.78. The van der Waals surface area contributed by atoms with Gasteiger partial charge in [0.15, 0.2) is 0 Å². The zero-order chi connectivity index (χ0) is 14.3. The fourth-order valence-electron chi connectivity index (χ4n) is 1.59. The Bertz CT molecular complexity index is 415. The quantitative estimate of drug-likeness (QED) is 0.801. The van der Waals surface area contributed by atoms with E-state index in [1.165, 1.54) is 0 Å². The van der Waals surface area contributed by atoms with Gasteiger partial charge in [0.1, 0.15) is 12.6 Å². The van der Waals surface area contributed by atoms with Crippen molar-refractivity contribution in [1.29, 1.82) is 0 Å². The summed E-state index contributed by atoms with van der Waals surface area (Å²) in [5.74, 6) is -0.533. The van der Waals surface area contributed by atoms with Crippen molar-refractivity contribution in [3.8, 4) is 0 Å². The Morgan fingerprint density at radius 2 is 1.84 bits per heavy atom. The van der Waals surface area contributed by atoms with Crippen LogP contribution in [0.3, 0.4) is 0 Å². The smallest absolute Gasteiger partial charge is 0.329 e. The Kier molecular flexibility index (Phi) is 6.06. The van der Waals surface area contributed by atoms with Crippen LogP contribution in [-0.4, -0.2) is 17.9 Å². The molecule has 0 spiro atoms. The molecule has 0 heterocycles. The number of amides is 1. The Hall–Kier alpha value is -1.84. The maximum Gasteiger partial charge on any atom is 0.329 e. The number of benzene rings is 1. The normalized spacial score (nSPS) is 12.0. The van der Waals surface area contributed by atoms with Crippen molar-refractivity contribution < 1.29 is 14.3 Å². The van der Waals surface area contributed by atoms with E-state index in [9.17, 15) is 9.59 Å². The van der Waals surface area contributed by atoms with Gasteiger partial charge in [-0.05, 0) is 11.5 Å². The Labute approximate surface area is 114 Å². The van der Waals surface area contributed by atoms with Crippen LogP contribution in [0.25, 0.3) is 0 Å². The van der Waals surface area contributed by atoms with Gasteiger partial charge in [0.05, 0.1) is 0 Å². The summed E-state index contributed by atoms with van der Waals surface area (Å²) in [6.45, 7) is 5.74. The van der Waals surface area contributed by atoms with Gasteiger partial charge >= 0.3 is 5.97 Å². The van der Waals surface area contributed by atoms with Crippen molar-refractivity contribution in [2.45, 2.75) is 39.8 Å². The monoisotopic (exact) mass is 263 g/mol. The van der Waals surface area contributed by atoms with Crippen molar-refractivity contribution in [3.63, 3.8) is 0 Å². The summed E-state index contributed by atoms with van der Waals surface area (Å²) in [7, 11) is 0. The van der Waals surface area contributed by atoms with Crippen LogP contribution in [-0.2, 0) is 20.9 Å². The van der Waals surface area contributed by atoms with E-state index in [4.69, 9.17) is 4.74 Å². The number of esters is 1. The molecular weight excluding hydrogens is 242 g/mol. The fraction of sp³-hybridized carbons (Fsp3) is 0.467. The first-order valence-electron chi connectivity index (χ1n) is 6.54. The van der Waals surface area contributed by atoms with Gasteiger partial charge < -0.3 is 10.1 Å². The van der Waals surface area contributed by atoms with Gasteiger partial charge in [0.2, 0.25) is 5.91 Å². The number of ether oxygens (including phenoxy) is 1. The van der Waals surface area contributed by atoms with E-state index in [0.29, 0.717) is 6.42 Å². The maximum absolute atomic E-state index is 12.0. The molecule has 0 aliphatic rings. The number of hydrogen-bond acceptors (Lipinski definition) is 3. The van der Waals surface area contributed by atoms with Gasteiger partial charge in [-0.15, -0.1) is 0 Å². The predicted molar refractivity (Wildman–Crippen MR) is 73.3 cm³/mol. The highest BCUT2D eigenvalue weighted by atomic mass is 16.5. The van der Waals surface area contributed by atoms with Crippen LogP contribution in [0.4, 0.5) is 0 Å². The number of rotatable bonds is 6. The van der Waals surface area contributed by atoms with Gasteiger partial charge in [0, 0.05) is 6.42 Å². The van der Waals surface area contributed by atoms with E-state index in [-0.39, 0.29) is 24.4 Å².